The molecule has 0 aliphatic carbocycles. The summed E-state index contributed by atoms with van der Waals surface area (Å²) < 4.78 is 14.1. The summed E-state index contributed by atoms with van der Waals surface area (Å²) in [5.74, 6) is 1.07. The van der Waals surface area contributed by atoms with E-state index in [2.05, 4.69) is 10.1 Å². The molecule has 1 atom stereocenters. The largest absolute Gasteiger partial charge is 0.254 e. The number of para-hydroxylation sites is 1. The fourth-order valence-electron chi connectivity index (χ4n) is 1.99. The minimum Gasteiger partial charge on any atom is -0.254 e. The Hall–Kier alpha value is -1.34. The highest BCUT2D eigenvalue weighted by atomic mass is 35.5. The molecule has 3 rings (SSSR count). The maximum Gasteiger partial charge on any atom is 0.208 e. The summed E-state index contributed by atoms with van der Waals surface area (Å²) in [6, 6.07) is 14.7. The van der Waals surface area contributed by atoms with E-state index in [9.17, 15) is 4.21 Å². The Labute approximate surface area is 156 Å². The fraction of sp³-hybridized carbons (Fsp3) is 0.125. The van der Waals surface area contributed by atoms with E-state index in [1.54, 1.807) is 29.2 Å². The number of aromatic nitrogens is 3. The van der Waals surface area contributed by atoms with Crippen LogP contribution < -0.4 is 0 Å². The number of rotatable bonds is 6. The van der Waals surface area contributed by atoms with Crippen molar-refractivity contribution in [1.29, 1.82) is 0 Å². The quantitative estimate of drug-likeness (QED) is 0.575. The molecule has 0 bridgehead atoms. The van der Waals surface area contributed by atoms with Gasteiger partial charge in [0.2, 0.25) is 5.16 Å². The summed E-state index contributed by atoms with van der Waals surface area (Å²) in [6.07, 6.45) is 1.67. The van der Waals surface area contributed by atoms with Gasteiger partial charge in [0.1, 0.15) is 6.33 Å². The van der Waals surface area contributed by atoms with Crippen LogP contribution in [-0.2, 0) is 10.8 Å². The first-order chi connectivity index (χ1) is 11.6. The summed E-state index contributed by atoms with van der Waals surface area (Å²) in [6.45, 7) is 0. The van der Waals surface area contributed by atoms with E-state index in [-0.39, 0.29) is 0 Å². The molecule has 4 nitrogen and oxygen atoms in total. The lowest BCUT2D eigenvalue weighted by molar-refractivity contribution is 0.684. The molecule has 1 heterocycles. The van der Waals surface area contributed by atoms with Crippen molar-refractivity contribution in [3.05, 3.63) is 64.9 Å². The van der Waals surface area contributed by atoms with Gasteiger partial charge < -0.3 is 0 Å². The van der Waals surface area contributed by atoms with Crippen LogP contribution in [0, 0.1) is 0 Å². The molecule has 124 valence electrons. The number of benzene rings is 2. The summed E-state index contributed by atoms with van der Waals surface area (Å²) >= 11 is 13.5. The molecule has 3 aromatic rings. The topological polar surface area (TPSA) is 47.8 Å². The van der Waals surface area contributed by atoms with Gasteiger partial charge in [0.15, 0.2) is 0 Å². The Morgan fingerprint density at radius 2 is 1.92 bits per heavy atom. The molecule has 0 aliphatic rings. The zero-order valence-corrected chi connectivity index (χ0v) is 15.6. The Kier molecular flexibility index (Phi) is 5.94. The SMILES string of the molecule is O=S(CCSc1ncn(-c2ccccc2)n1)c1cc(Cl)ccc1Cl. The number of nitrogens with zero attached hydrogens (tertiary/aromatic N) is 3. The summed E-state index contributed by atoms with van der Waals surface area (Å²) in [7, 11) is -1.21. The minimum atomic E-state index is -1.21. The van der Waals surface area contributed by atoms with Crippen LogP contribution in [-0.4, -0.2) is 30.5 Å². The van der Waals surface area contributed by atoms with E-state index in [0.717, 1.165) is 5.69 Å². The van der Waals surface area contributed by atoms with Gasteiger partial charge in [-0.1, -0.05) is 53.2 Å². The van der Waals surface area contributed by atoms with Gasteiger partial charge in [0.05, 0.1) is 26.4 Å². The Bertz CT molecular complexity index is 856. The van der Waals surface area contributed by atoms with E-state index in [1.165, 1.54) is 11.8 Å². The smallest absolute Gasteiger partial charge is 0.208 e. The van der Waals surface area contributed by atoms with Crippen LogP contribution in [0.4, 0.5) is 0 Å². The van der Waals surface area contributed by atoms with Gasteiger partial charge >= 0.3 is 0 Å². The maximum absolute atomic E-state index is 12.3. The third-order valence-electron chi connectivity index (χ3n) is 3.13. The average molecular weight is 398 g/mol. The molecule has 2 aromatic carbocycles. The van der Waals surface area contributed by atoms with Gasteiger partial charge in [-0.2, -0.15) is 0 Å². The van der Waals surface area contributed by atoms with Gasteiger partial charge in [-0.15, -0.1) is 5.10 Å². The van der Waals surface area contributed by atoms with Gasteiger partial charge in [-0.25, -0.2) is 9.67 Å². The molecule has 0 fully saturated rings. The third kappa shape index (κ3) is 4.39. The minimum absolute atomic E-state index is 0.449. The second-order valence-electron chi connectivity index (χ2n) is 4.78. The van der Waals surface area contributed by atoms with E-state index in [1.807, 2.05) is 30.3 Å². The molecular weight excluding hydrogens is 385 g/mol. The Balaban J connectivity index is 1.58. The molecule has 0 saturated heterocycles. The van der Waals surface area contributed by atoms with E-state index in [0.29, 0.717) is 31.6 Å². The van der Waals surface area contributed by atoms with Gasteiger partial charge in [0.25, 0.3) is 0 Å². The van der Waals surface area contributed by atoms with Gasteiger partial charge in [-0.05, 0) is 30.3 Å². The second kappa shape index (κ2) is 8.16. The lowest BCUT2D eigenvalue weighted by atomic mass is 10.3. The van der Waals surface area contributed by atoms with Crippen molar-refractivity contribution in [3.8, 4) is 5.69 Å². The molecule has 0 amide bonds. The van der Waals surface area contributed by atoms with Crippen LogP contribution in [0.5, 0.6) is 0 Å². The normalized spacial score (nSPS) is 12.2. The molecule has 0 aliphatic heterocycles. The summed E-state index contributed by atoms with van der Waals surface area (Å²) in [4.78, 5) is 4.83. The maximum atomic E-state index is 12.3. The first-order valence-electron chi connectivity index (χ1n) is 7.07. The van der Waals surface area contributed by atoms with Crippen molar-refractivity contribution in [1.82, 2.24) is 14.8 Å². The van der Waals surface area contributed by atoms with Crippen molar-refractivity contribution in [2.45, 2.75) is 10.1 Å². The molecule has 8 heteroatoms. The van der Waals surface area contributed by atoms with Gasteiger partial charge in [-0.3, -0.25) is 4.21 Å². The van der Waals surface area contributed by atoms with Crippen LogP contribution in [0.25, 0.3) is 5.69 Å². The molecule has 0 radical (unpaired) electrons. The fourth-order valence-corrected chi connectivity index (χ4v) is 4.75. The Morgan fingerprint density at radius 3 is 2.71 bits per heavy atom. The first kappa shape index (κ1) is 17.5. The van der Waals surface area contributed by atoms with E-state index >= 15 is 0 Å². The zero-order valence-electron chi connectivity index (χ0n) is 12.4. The molecule has 24 heavy (non-hydrogen) atoms. The molecule has 0 saturated carbocycles. The van der Waals surface area contributed by atoms with E-state index < -0.39 is 10.8 Å². The van der Waals surface area contributed by atoms with Crippen LogP contribution in [0.2, 0.25) is 10.0 Å². The molecule has 1 unspecified atom stereocenters. The lowest BCUT2D eigenvalue weighted by Gasteiger charge is -2.04. The number of thioether (sulfide) groups is 1. The summed E-state index contributed by atoms with van der Waals surface area (Å²) in [5, 5.41) is 6.04. The number of hydrogen-bond donors (Lipinski definition) is 0. The highest BCUT2D eigenvalue weighted by Crippen LogP contribution is 2.24. The summed E-state index contributed by atoms with van der Waals surface area (Å²) in [5.41, 5.74) is 0.950. The standard InChI is InChI=1S/C16H13Cl2N3OS2/c17-12-6-7-14(18)15(10-12)24(22)9-8-23-16-19-11-21(20-16)13-4-2-1-3-5-13/h1-7,10-11H,8-9H2. The van der Waals surface area contributed by atoms with Gasteiger partial charge in [0, 0.05) is 16.5 Å². The second-order valence-corrected chi connectivity index (χ2v) is 8.22. The highest BCUT2D eigenvalue weighted by molar-refractivity contribution is 8.00. The molecule has 1 aromatic heterocycles. The molecular formula is C16H13Cl2N3OS2. The lowest BCUT2D eigenvalue weighted by Crippen LogP contribution is -2.02. The van der Waals surface area contributed by atoms with Crippen molar-refractivity contribution < 1.29 is 4.21 Å². The van der Waals surface area contributed by atoms with Crippen LogP contribution in [0.1, 0.15) is 0 Å². The average Bonchev–Trinajstić information content (AvgIpc) is 3.06. The Morgan fingerprint density at radius 1 is 1.12 bits per heavy atom. The van der Waals surface area contributed by atoms with Crippen molar-refractivity contribution in [2.75, 3.05) is 11.5 Å². The molecule has 0 N–H and O–H groups in total. The van der Waals surface area contributed by atoms with Crippen molar-refractivity contribution in [2.24, 2.45) is 0 Å². The zero-order chi connectivity index (χ0) is 16.9. The van der Waals surface area contributed by atoms with Crippen molar-refractivity contribution in [3.63, 3.8) is 0 Å². The van der Waals surface area contributed by atoms with Crippen LogP contribution in [0.15, 0.2) is 64.9 Å². The predicted octanol–water partition coefficient (Wildman–Crippen LogP) is 4.47. The number of hydrogen-bond acceptors (Lipinski definition) is 4. The van der Waals surface area contributed by atoms with E-state index in [4.69, 9.17) is 23.2 Å². The molecule has 0 spiro atoms. The number of halogens is 2. The van der Waals surface area contributed by atoms with Crippen LogP contribution >= 0.6 is 35.0 Å². The predicted molar refractivity (Wildman–Crippen MR) is 99.8 cm³/mol. The van der Waals surface area contributed by atoms with Crippen LogP contribution in [0.3, 0.4) is 0 Å². The monoisotopic (exact) mass is 397 g/mol. The first-order valence-corrected chi connectivity index (χ1v) is 10.1. The third-order valence-corrected chi connectivity index (χ3v) is 6.32. The highest BCUT2D eigenvalue weighted by Gasteiger charge is 2.11. The van der Waals surface area contributed by atoms with Crippen molar-refractivity contribution >= 4 is 45.8 Å².